The van der Waals surface area contributed by atoms with Crippen LogP contribution in [0.4, 0.5) is 0 Å². The van der Waals surface area contributed by atoms with Crippen LogP contribution in [0.1, 0.15) is 41.3 Å². The molecule has 1 aromatic heterocycles. The van der Waals surface area contributed by atoms with E-state index in [0.29, 0.717) is 0 Å². The lowest BCUT2D eigenvalue weighted by Crippen LogP contribution is -1.98. The normalized spacial score (nSPS) is 30.8. The summed E-state index contributed by atoms with van der Waals surface area (Å²) in [5.41, 5.74) is -1.40. The van der Waals surface area contributed by atoms with Gasteiger partial charge in [-0.1, -0.05) is 13.7 Å². The standard InChI is InChI=1S/C10H14BrN/c1-7(2)4-9-5-12-6-10(11)8(9)3/h5-7H,4H2,1-3H3/i1D3,2D3,3D3,4D2,7D. The topological polar surface area (TPSA) is 12.9 Å². The lowest BCUT2D eigenvalue weighted by atomic mass is 10.0. The molecule has 0 radical (unpaired) electrons. The number of rotatable bonds is 2. The number of aromatic nitrogens is 1. The molecule has 0 aliphatic rings. The summed E-state index contributed by atoms with van der Waals surface area (Å²) in [5, 5.41) is 0. The monoisotopic (exact) mass is 239 g/mol. The molecular weight excluding hydrogens is 214 g/mol. The number of hydrogen-bond donors (Lipinski definition) is 0. The van der Waals surface area contributed by atoms with E-state index < -0.39 is 43.9 Å². The van der Waals surface area contributed by atoms with Crippen molar-refractivity contribution in [2.75, 3.05) is 0 Å². The minimum atomic E-state index is -3.60. The van der Waals surface area contributed by atoms with E-state index in [2.05, 4.69) is 20.9 Å². The van der Waals surface area contributed by atoms with E-state index in [0.717, 1.165) is 12.4 Å². The van der Waals surface area contributed by atoms with Gasteiger partial charge in [-0.05, 0) is 46.2 Å². The van der Waals surface area contributed by atoms with E-state index in [9.17, 15) is 0 Å². The Hall–Kier alpha value is -0.370. The van der Waals surface area contributed by atoms with Crippen LogP contribution in [0, 0.1) is 12.7 Å². The summed E-state index contributed by atoms with van der Waals surface area (Å²) < 4.78 is 91.0. The largest absolute Gasteiger partial charge is 0.263 e. The summed E-state index contributed by atoms with van der Waals surface area (Å²) in [7, 11) is 0. The fourth-order valence-electron chi connectivity index (χ4n) is 0.664. The van der Waals surface area contributed by atoms with Crippen LogP contribution in [0.25, 0.3) is 0 Å². The molecule has 0 saturated heterocycles. The molecule has 0 aromatic carbocycles. The maximum atomic E-state index is 8.10. The molecule has 1 aromatic rings. The molecule has 1 heterocycles. The smallest absolute Gasteiger partial charge is 0.0413 e. The van der Waals surface area contributed by atoms with Gasteiger partial charge in [0.2, 0.25) is 0 Å². The molecule has 0 fully saturated rings. The van der Waals surface area contributed by atoms with Gasteiger partial charge in [-0.2, -0.15) is 0 Å². The van der Waals surface area contributed by atoms with E-state index >= 15 is 0 Å². The van der Waals surface area contributed by atoms with Crippen LogP contribution in [-0.2, 0) is 6.37 Å². The van der Waals surface area contributed by atoms with E-state index in [1.165, 1.54) is 0 Å². The zero-order valence-electron chi connectivity index (χ0n) is 18.0. The highest BCUT2D eigenvalue weighted by molar-refractivity contribution is 9.10. The predicted octanol–water partition coefficient (Wildman–Crippen LogP) is 3.35. The van der Waals surface area contributed by atoms with Crippen molar-refractivity contribution in [3.8, 4) is 0 Å². The van der Waals surface area contributed by atoms with Gasteiger partial charge in [-0.3, -0.25) is 4.98 Å². The second kappa shape index (κ2) is 4.04. The van der Waals surface area contributed by atoms with Gasteiger partial charge < -0.3 is 0 Å². The summed E-state index contributed by atoms with van der Waals surface area (Å²) in [4.78, 5) is 3.61. The second-order valence-electron chi connectivity index (χ2n) is 2.04. The molecule has 0 aliphatic carbocycles. The summed E-state index contributed by atoms with van der Waals surface area (Å²) in [6.07, 6.45) is -1.55. The van der Waals surface area contributed by atoms with Crippen LogP contribution >= 0.6 is 15.9 Å². The molecule has 1 rings (SSSR count). The molecular formula is C10H14BrN. The lowest BCUT2D eigenvalue weighted by Gasteiger charge is -2.08. The highest BCUT2D eigenvalue weighted by atomic mass is 79.9. The van der Waals surface area contributed by atoms with Crippen molar-refractivity contribution in [2.45, 2.75) is 26.9 Å². The molecule has 1 nitrogen and oxygen atoms in total. The summed E-state index contributed by atoms with van der Waals surface area (Å²) in [6.45, 7) is -10.00. The fourth-order valence-corrected chi connectivity index (χ4v) is 0.996. The Morgan fingerprint density at radius 2 is 2.58 bits per heavy atom. The van der Waals surface area contributed by atoms with Crippen LogP contribution in [-0.4, -0.2) is 4.98 Å². The van der Waals surface area contributed by atoms with Crippen molar-refractivity contribution in [3.05, 3.63) is 28.0 Å². The first kappa shape index (κ1) is 2.35. The van der Waals surface area contributed by atoms with E-state index in [4.69, 9.17) is 16.4 Å². The SMILES string of the molecule is [2H]C([2H])([2H])c1c(Br)cncc1C([2H])([2H])C([2H])(C([2H])([2H])[2H])C([2H])([2H])[2H]. The molecule has 0 spiro atoms. The van der Waals surface area contributed by atoms with Crippen molar-refractivity contribution in [2.24, 2.45) is 5.89 Å². The number of halogens is 1. The summed E-state index contributed by atoms with van der Waals surface area (Å²) >= 11 is 2.91. The minimum Gasteiger partial charge on any atom is -0.263 e. The van der Waals surface area contributed by atoms with Crippen LogP contribution in [0.15, 0.2) is 16.9 Å². The van der Waals surface area contributed by atoms with Crippen molar-refractivity contribution in [1.29, 1.82) is 0 Å². The van der Waals surface area contributed by atoms with Gasteiger partial charge in [0.25, 0.3) is 0 Å². The predicted molar refractivity (Wildman–Crippen MR) is 55.2 cm³/mol. The van der Waals surface area contributed by atoms with Gasteiger partial charge in [-0.25, -0.2) is 0 Å². The first-order valence-electron chi connectivity index (χ1n) is 9.03. The van der Waals surface area contributed by atoms with Crippen molar-refractivity contribution < 1.29 is 16.4 Å². The number of pyridine rings is 1. The van der Waals surface area contributed by atoms with Gasteiger partial charge in [-0.15, -0.1) is 0 Å². The van der Waals surface area contributed by atoms with Crippen molar-refractivity contribution >= 4 is 15.9 Å². The molecule has 0 atom stereocenters. The van der Waals surface area contributed by atoms with Crippen LogP contribution in [0.3, 0.4) is 0 Å². The zero-order valence-corrected chi connectivity index (χ0v) is 7.57. The first-order chi connectivity index (χ1) is 10.4. The number of nitrogens with zero attached hydrogens (tertiary/aromatic N) is 1. The molecule has 0 amide bonds. The minimum absolute atomic E-state index is 0.137. The van der Waals surface area contributed by atoms with E-state index in [1.54, 1.807) is 0 Å². The second-order valence-corrected chi connectivity index (χ2v) is 2.90. The van der Waals surface area contributed by atoms with Gasteiger partial charge in [0.15, 0.2) is 0 Å². The third-order valence-electron chi connectivity index (χ3n) is 1.16. The maximum absolute atomic E-state index is 8.10. The zero-order chi connectivity index (χ0) is 19.4. The molecule has 0 bridgehead atoms. The van der Waals surface area contributed by atoms with E-state index in [-0.39, 0.29) is 4.47 Å². The Bertz CT molecular complexity index is 600. The van der Waals surface area contributed by atoms with Gasteiger partial charge in [0.05, 0.1) is 0 Å². The molecule has 0 unspecified atom stereocenters. The Morgan fingerprint density at radius 3 is 3.25 bits per heavy atom. The molecule has 66 valence electrons. The Balaban J connectivity index is 3.87. The third kappa shape index (κ3) is 2.31. The quantitative estimate of drug-likeness (QED) is 0.772. The van der Waals surface area contributed by atoms with Crippen LogP contribution < -0.4 is 0 Å². The summed E-state index contributed by atoms with van der Waals surface area (Å²) in [6, 6.07) is 0. The molecule has 2 heteroatoms. The highest BCUT2D eigenvalue weighted by Crippen LogP contribution is 2.19. The molecule has 0 N–H and O–H groups in total. The van der Waals surface area contributed by atoms with Gasteiger partial charge in [0.1, 0.15) is 0 Å². The summed E-state index contributed by atoms with van der Waals surface area (Å²) in [5.74, 6) is -3.60. The van der Waals surface area contributed by atoms with Crippen LogP contribution in [0.5, 0.6) is 0 Å². The maximum Gasteiger partial charge on any atom is 0.0413 e. The highest BCUT2D eigenvalue weighted by Gasteiger charge is 2.03. The van der Waals surface area contributed by atoms with Gasteiger partial charge >= 0.3 is 0 Å². The van der Waals surface area contributed by atoms with Crippen molar-refractivity contribution in [3.63, 3.8) is 0 Å². The van der Waals surface area contributed by atoms with Gasteiger partial charge in [0, 0.05) is 33.3 Å². The molecule has 0 aliphatic heterocycles. The first-order valence-corrected chi connectivity index (χ1v) is 3.83. The van der Waals surface area contributed by atoms with E-state index in [1.807, 2.05) is 0 Å². The Labute approximate surface area is 99.2 Å². The van der Waals surface area contributed by atoms with Crippen LogP contribution in [0.2, 0.25) is 0 Å². The Morgan fingerprint density at radius 1 is 1.75 bits per heavy atom. The average molecular weight is 240 g/mol. The number of hydrogen-bond acceptors (Lipinski definition) is 1. The lowest BCUT2D eigenvalue weighted by molar-refractivity contribution is 0.643. The van der Waals surface area contributed by atoms with Crippen molar-refractivity contribution in [1.82, 2.24) is 4.98 Å². The third-order valence-corrected chi connectivity index (χ3v) is 1.76. The molecule has 12 heavy (non-hydrogen) atoms. The average Bonchev–Trinajstić information content (AvgIpc) is 2.32. The Kier molecular flexibility index (Phi) is 0.791. The molecule has 0 saturated carbocycles. The fraction of sp³-hybridized carbons (Fsp3) is 0.500.